The number of hydrogen-bond acceptors (Lipinski definition) is 6. The van der Waals surface area contributed by atoms with Crippen LogP contribution >= 0.6 is 11.8 Å². The van der Waals surface area contributed by atoms with E-state index in [-0.39, 0.29) is 5.75 Å². The third kappa shape index (κ3) is 5.37. The minimum atomic E-state index is -3.20. The zero-order valence-electron chi connectivity index (χ0n) is 16.6. The largest absolute Gasteiger partial charge is 0.497 e. The van der Waals surface area contributed by atoms with Crippen LogP contribution in [0.25, 0.3) is 17.1 Å². The molecule has 0 unspecified atom stereocenters. The molecule has 0 amide bonds. The molecule has 154 valence electrons. The fraction of sp³-hybridized carbons (Fsp3) is 0.300. The lowest BCUT2D eigenvalue weighted by atomic mass is 10.2. The Kier molecular flexibility index (Phi) is 6.94. The van der Waals surface area contributed by atoms with Gasteiger partial charge in [0.05, 0.1) is 12.9 Å². The number of aryl methyl sites for hydroxylation is 1. The molecule has 0 radical (unpaired) electrons. The van der Waals surface area contributed by atoms with Crippen LogP contribution in [0.4, 0.5) is 0 Å². The Morgan fingerprint density at radius 1 is 1.07 bits per heavy atom. The normalized spacial score (nSPS) is 11.6. The second-order valence-electron chi connectivity index (χ2n) is 6.43. The molecule has 0 fully saturated rings. The summed E-state index contributed by atoms with van der Waals surface area (Å²) in [5.41, 5.74) is 3.04. The van der Waals surface area contributed by atoms with Crippen molar-refractivity contribution in [2.24, 2.45) is 0 Å². The van der Waals surface area contributed by atoms with Crippen molar-refractivity contribution in [2.45, 2.75) is 18.5 Å². The first-order valence-corrected chi connectivity index (χ1v) is 11.8. The standard InChI is InChI=1S/C20H24N4O3S2/c1-15-5-9-17(10-6-15)24-19(16-7-11-18(27-3)12-8-16)22-23-20(24)28-13-4-14-29(25,26)21-2/h5-12,21H,4,13-14H2,1-3H3. The molecule has 1 N–H and O–H groups in total. The average Bonchev–Trinajstić information content (AvgIpc) is 3.15. The van der Waals surface area contributed by atoms with Crippen LogP contribution in [0, 0.1) is 6.92 Å². The van der Waals surface area contributed by atoms with E-state index in [9.17, 15) is 8.42 Å². The number of rotatable bonds is 9. The van der Waals surface area contributed by atoms with Crippen LogP contribution in [-0.4, -0.2) is 48.8 Å². The molecule has 3 aromatic rings. The van der Waals surface area contributed by atoms with E-state index in [1.54, 1.807) is 7.11 Å². The van der Waals surface area contributed by atoms with Crippen molar-refractivity contribution in [3.8, 4) is 22.8 Å². The summed E-state index contributed by atoms with van der Waals surface area (Å²) in [5.74, 6) is 2.20. The van der Waals surface area contributed by atoms with E-state index in [0.29, 0.717) is 12.2 Å². The van der Waals surface area contributed by atoms with Crippen LogP contribution in [0.15, 0.2) is 53.7 Å². The Morgan fingerprint density at radius 2 is 1.76 bits per heavy atom. The summed E-state index contributed by atoms with van der Waals surface area (Å²) in [7, 11) is -0.143. The Morgan fingerprint density at radius 3 is 2.38 bits per heavy atom. The van der Waals surface area contributed by atoms with E-state index in [2.05, 4.69) is 14.9 Å². The first kappa shape index (κ1) is 21.4. The van der Waals surface area contributed by atoms with E-state index in [0.717, 1.165) is 28.0 Å². The van der Waals surface area contributed by atoms with Gasteiger partial charge in [-0.25, -0.2) is 13.1 Å². The van der Waals surface area contributed by atoms with Gasteiger partial charge in [-0.05, 0) is 56.8 Å². The molecule has 1 heterocycles. The second-order valence-corrected chi connectivity index (χ2v) is 9.54. The lowest BCUT2D eigenvalue weighted by Gasteiger charge is -2.11. The van der Waals surface area contributed by atoms with Gasteiger partial charge in [-0.2, -0.15) is 0 Å². The van der Waals surface area contributed by atoms with Gasteiger partial charge in [-0.15, -0.1) is 10.2 Å². The Hall–Kier alpha value is -2.36. The number of nitrogens with zero attached hydrogens (tertiary/aromatic N) is 3. The van der Waals surface area contributed by atoms with Crippen LogP contribution < -0.4 is 9.46 Å². The molecule has 3 rings (SSSR count). The van der Waals surface area contributed by atoms with Crippen LogP contribution in [0.5, 0.6) is 5.75 Å². The predicted octanol–water partition coefficient (Wildman–Crippen LogP) is 3.28. The number of hydrogen-bond donors (Lipinski definition) is 1. The number of nitrogens with one attached hydrogen (secondary N) is 1. The molecular weight excluding hydrogens is 408 g/mol. The fourth-order valence-corrected chi connectivity index (χ4v) is 4.53. The van der Waals surface area contributed by atoms with Gasteiger partial charge in [0.2, 0.25) is 10.0 Å². The number of methoxy groups -OCH3 is 1. The van der Waals surface area contributed by atoms with Crippen molar-refractivity contribution in [3.63, 3.8) is 0 Å². The number of ether oxygens (including phenoxy) is 1. The molecule has 0 aliphatic heterocycles. The maximum absolute atomic E-state index is 11.6. The quantitative estimate of drug-likeness (QED) is 0.413. The van der Waals surface area contributed by atoms with E-state index in [1.807, 2.05) is 60.0 Å². The molecular formula is C20H24N4O3S2. The molecule has 0 saturated carbocycles. The minimum absolute atomic E-state index is 0.0838. The van der Waals surface area contributed by atoms with Gasteiger partial charge >= 0.3 is 0 Å². The molecule has 0 atom stereocenters. The summed E-state index contributed by atoms with van der Waals surface area (Å²) in [6, 6.07) is 15.8. The van der Waals surface area contributed by atoms with Crippen molar-refractivity contribution >= 4 is 21.8 Å². The van der Waals surface area contributed by atoms with Crippen molar-refractivity contribution in [1.29, 1.82) is 0 Å². The monoisotopic (exact) mass is 432 g/mol. The summed E-state index contributed by atoms with van der Waals surface area (Å²) >= 11 is 1.49. The molecule has 0 aliphatic carbocycles. The maximum Gasteiger partial charge on any atom is 0.211 e. The molecule has 1 aromatic heterocycles. The molecule has 7 nitrogen and oxygen atoms in total. The highest BCUT2D eigenvalue weighted by atomic mass is 32.2. The molecule has 0 spiro atoms. The lowest BCUT2D eigenvalue weighted by molar-refractivity contribution is 0.415. The maximum atomic E-state index is 11.6. The van der Waals surface area contributed by atoms with Crippen LogP contribution in [-0.2, 0) is 10.0 Å². The van der Waals surface area contributed by atoms with Crippen molar-refractivity contribution < 1.29 is 13.2 Å². The summed E-state index contributed by atoms with van der Waals surface area (Å²) in [5, 5.41) is 9.50. The van der Waals surface area contributed by atoms with Gasteiger partial charge in [0.25, 0.3) is 0 Å². The Labute approximate surface area is 175 Å². The first-order valence-electron chi connectivity index (χ1n) is 9.14. The summed E-state index contributed by atoms with van der Waals surface area (Å²) in [6.45, 7) is 2.04. The molecule has 29 heavy (non-hydrogen) atoms. The van der Waals surface area contributed by atoms with Crippen molar-refractivity contribution in [1.82, 2.24) is 19.5 Å². The van der Waals surface area contributed by atoms with Gasteiger partial charge in [-0.1, -0.05) is 29.5 Å². The average molecular weight is 433 g/mol. The Bertz CT molecular complexity index is 1050. The zero-order chi connectivity index (χ0) is 20.9. The molecule has 2 aromatic carbocycles. The van der Waals surface area contributed by atoms with Crippen LogP contribution in [0.2, 0.25) is 0 Å². The van der Waals surface area contributed by atoms with E-state index in [4.69, 9.17) is 4.74 Å². The molecule has 0 bridgehead atoms. The Balaban J connectivity index is 1.89. The molecule has 9 heteroatoms. The van der Waals surface area contributed by atoms with Gasteiger partial charge in [0.1, 0.15) is 5.75 Å². The summed E-state index contributed by atoms with van der Waals surface area (Å²) in [4.78, 5) is 0. The topological polar surface area (TPSA) is 86.1 Å². The SMILES string of the molecule is CNS(=O)(=O)CCCSc1nnc(-c2ccc(OC)cc2)n1-c1ccc(C)cc1. The molecule has 0 saturated heterocycles. The van der Waals surface area contributed by atoms with Gasteiger partial charge < -0.3 is 4.74 Å². The zero-order valence-corrected chi connectivity index (χ0v) is 18.3. The number of sulfonamides is 1. The first-order chi connectivity index (χ1) is 13.9. The lowest BCUT2D eigenvalue weighted by Crippen LogP contribution is -2.22. The number of benzene rings is 2. The number of thioether (sulfide) groups is 1. The van der Waals surface area contributed by atoms with Gasteiger partial charge in [-0.3, -0.25) is 4.57 Å². The summed E-state index contributed by atoms with van der Waals surface area (Å²) < 4.78 is 32.8. The molecule has 0 aliphatic rings. The smallest absolute Gasteiger partial charge is 0.211 e. The third-order valence-corrected chi connectivity index (χ3v) is 6.84. The highest BCUT2D eigenvalue weighted by molar-refractivity contribution is 7.99. The highest BCUT2D eigenvalue weighted by Gasteiger charge is 2.17. The highest BCUT2D eigenvalue weighted by Crippen LogP contribution is 2.29. The number of aromatic nitrogens is 3. The van der Waals surface area contributed by atoms with E-state index in [1.165, 1.54) is 24.4 Å². The predicted molar refractivity (Wildman–Crippen MR) is 116 cm³/mol. The van der Waals surface area contributed by atoms with E-state index < -0.39 is 10.0 Å². The van der Waals surface area contributed by atoms with Crippen LogP contribution in [0.1, 0.15) is 12.0 Å². The van der Waals surface area contributed by atoms with Crippen LogP contribution in [0.3, 0.4) is 0 Å². The van der Waals surface area contributed by atoms with Crippen molar-refractivity contribution in [2.75, 3.05) is 25.7 Å². The summed E-state index contributed by atoms with van der Waals surface area (Å²) in [6.07, 6.45) is 0.520. The van der Waals surface area contributed by atoms with Gasteiger partial charge in [0, 0.05) is 17.0 Å². The third-order valence-electron chi connectivity index (χ3n) is 4.37. The van der Waals surface area contributed by atoms with Crippen molar-refractivity contribution in [3.05, 3.63) is 54.1 Å². The van der Waals surface area contributed by atoms with Gasteiger partial charge in [0.15, 0.2) is 11.0 Å². The van der Waals surface area contributed by atoms with E-state index >= 15 is 0 Å². The second kappa shape index (κ2) is 9.43. The fourth-order valence-electron chi connectivity index (χ4n) is 2.73. The minimum Gasteiger partial charge on any atom is -0.497 e.